The molecule has 0 fully saturated rings. The molecule has 25 heavy (non-hydrogen) atoms. The van der Waals surface area contributed by atoms with Crippen LogP contribution in [0.25, 0.3) is 0 Å². The number of hydrogen-bond donors (Lipinski definition) is 0. The first kappa shape index (κ1) is 18.2. The van der Waals surface area contributed by atoms with Crippen LogP contribution in [0.15, 0.2) is 60.7 Å². The van der Waals surface area contributed by atoms with Crippen molar-refractivity contribution < 1.29 is 0 Å². The molecule has 0 saturated heterocycles. The fourth-order valence-corrected chi connectivity index (χ4v) is 5.66. The van der Waals surface area contributed by atoms with Gasteiger partial charge in [-0.2, -0.15) is 0 Å². The minimum atomic E-state index is -0.122. The molecule has 2 aromatic carbocycles. The van der Waals surface area contributed by atoms with Crippen LogP contribution in [0, 0.1) is 5.92 Å². The van der Waals surface area contributed by atoms with Crippen LogP contribution < -0.4 is 5.19 Å². The molecule has 0 spiro atoms. The lowest BCUT2D eigenvalue weighted by atomic mass is 9.85. The Kier molecular flexibility index (Phi) is 6.69. The molecule has 2 aromatic rings. The summed E-state index contributed by atoms with van der Waals surface area (Å²) in [6.45, 7) is 4.48. The first-order valence-corrected chi connectivity index (χ1v) is 11.8. The second-order valence-electron chi connectivity index (χ2n) is 7.53. The summed E-state index contributed by atoms with van der Waals surface area (Å²) in [5, 5.41) is 1.62. The van der Waals surface area contributed by atoms with Crippen molar-refractivity contribution in [1.82, 2.24) is 0 Å². The van der Waals surface area contributed by atoms with E-state index in [1.54, 1.807) is 5.19 Å². The summed E-state index contributed by atoms with van der Waals surface area (Å²) in [5.41, 5.74) is 4.44. The third kappa shape index (κ3) is 5.18. The van der Waals surface area contributed by atoms with Crippen molar-refractivity contribution in [1.29, 1.82) is 0 Å². The molecule has 1 heteroatoms. The van der Waals surface area contributed by atoms with Gasteiger partial charge in [0.1, 0.15) is 0 Å². The number of rotatable bonds is 7. The summed E-state index contributed by atoms with van der Waals surface area (Å²) in [7, 11) is -0.122. The third-order valence-corrected chi connectivity index (χ3v) is 7.72. The number of aryl methyl sites for hydroxylation is 2. The Morgan fingerprint density at radius 2 is 1.56 bits per heavy atom. The first-order valence-electron chi connectivity index (χ1n) is 10.1. The van der Waals surface area contributed by atoms with E-state index in [0.29, 0.717) is 5.92 Å². The van der Waals surface area contributed by atoms with Crippen LogP contribution >= 0.6 is 0 Å². The van der Waals surface area contributed by atoms with Crippen molar-refractivity contribution in [3.05, 3.63) is 77.4 Å². The number of benzene rings is 2. The van der Waals surface area contributed by atoms with E-state index < -0.39 is 0 Å². The topological polar surface area (TPSA) is 0 Å². The van der Waals surface area contributed by atoms with E-state index in [0.717, 1.165) is 12.3 Å². The summed E-state index contributed by atoms with van der Waals surface area (Å²) in [6.07, 6.45) is 11.3. The third-order valence-electron chi connectivity index (χ3n) is 5.65. The highest BCUT2D eigenvalue weighted by molar-refractivity contribution is 6.53. The van der Waals surface area contributed by atoms with Crippen LogP contribution in [0.5, 0.6) is 0 Å². The van der Waals surface area contributed by atoms with Gasteiger partial charge in [0.25, 0.3) is 0 Å². The molecule has 0 bridgehead atoms. The molecule has 0 saturated carbocycles. The van der Waals surface area contributed by atoms with Crippen molar-refractivity contribution in [3.8, 4) is 0 Å². The van der Waals surface area contributed by atoms with Crippen molar-refractivity contribution in [2.24, 2.45) is 5.92 Å². The average Bonchev–Trinajstić information content (AvgIpc) is 2.68. The average molecular weight is 349 g/mol. The maximum Gasteiger partial charge on any atom is 0.0553 e. The van der Waals surface area contributed by atoms with Gasteiger partial charge in [-0.05, 0) is 48.3 Å². The van der Waals surface area contributed by atoms with Gasteiger partial charge in [-0.3, -0.25) is 0 Å². The van der Waals surface area contributed by atoms with Gasteiger partial charge >= 0.3 is 0 Å². The molecule has 0 aromatic heterocycles. The van der Waals surface area contributed by atoms with Gasteiger partial charge in [-0.15, -0.1) is 0 Å². The Bertz CT molecular complexity index is 666. The largest absolute Gasteiger partial charge is 0.0851 e. The molecule has 1 aliphatic carbocycles. The highest BCUT2D eigenvalue weighted by atomic mass is 28.2. The molecule has 0 heterocycles. The van der Waals surface area contributed by atoms with Gasteiger partial charge in [-0.25, -0.2) is 0 Å². The van der Waals surface area contributed by atoms with E-state index >= 15 is 0 Å². The molecule has 0 N–H and O–H groups in total. The smallest absolute Gasteiger partial charge is 0.0553 e. The van der Waals surface area contributed by atoms with Crippen LogP contribution in [0.4, 0.5) is 0 Å². The fourth-order valence-electron chi connectivity index (χ4n) is 3.91. The molecule has 2 atom stereocenters. The normalized spacial score (nSPS) is 20.4. The Labute approximate surface area is 156 Å². The molecule has 0 nitrogen and oxygen atoms in total. The van der Waals surface area contributed by atoms with Crippen molar-refractivity contribution in [3.63, 3.8) is 0 Å². The highest BCUT2D eigenvalue weighted by Gasteiger charge is 2.17. The molecular formula is C24H32Si. The van der Waals surface area contributed by atoms with Gasteiger partial charge in [0.05, 0.1) is 9.52 Å². The van der Waals surface area contributed by atoms with Gasteiger partial charge in [0.2, 0.25) is 0 Å². The van der Waals surface area contributed by atoms with E-state index in [9.17, 15) is 0 Å². The summed E-state index contributed by atoms with van der Waals surface area (Å²) >= 11 is 0. The number of allylic oxidation sites excluding steroid dienone is 2. The molecule has 132 valence electrons. The summed E-state index contributed by atoms with van der Waals surface area (Å²) in [6, 6.07) is 20.2. The molecule has 1 aliphatic rings. The minimum absolute atomic E-state index is 0.122. The van der Waals surface area contributed by atoms with Gasteiger partial charge < -0.3 is 0 Å². The monoisotopic (exact) mass is 348 g/mol. The Morgan fingerprint density at radius 1 is 0.840 bits per heavy atom. The van der Waals surface area contributed by atoms with Gasteiger partial charge in [0, 0.05) is 5.92 Å². The molecular weight excluding hydrogens is 316 g/mol. The quantitative estimate of drug-likeness (QED) is 0.479. The van der Waals surface area contributed by atoms with E-state index in [4.69, 9.17) is 0 Å². The SMILES string of the molecule is CCCc1ccc(C2C=CC(C[SiH2]c3ccc(CC)cc3)CC2)cc1. The summed E-state index contributed by atoms with van der Waals surface area (Å²) in [4.78, 5) is 0. The van der Waals surface area contributed by atoms with E-state index in [1.165, 1.54) is 48.4 Å². The van der Waals surface area contributed by atoms with E-state index in [-0.39, 0.29) is 9.52 Å². The Hall–Kier alpha value is -1.60. The van der Waals surface area contributed by atoms with Crippen molar-refractivity contribution in [2.45, 2.75) is 57.9 Å². The standard InChI is InChI=1S/C24H32Si/c1-3-5-20-6-12-22(13-7-20)23-14-8-21(9-15-23)18-25-24-16-10-19(4-2)11-17-24/h6-8,10-14,16-17,21,23H,3-5,9,15,18,25H2,1-2H3. The lowest BCUT2D eigenvalue weighted by molar-refractivity contribution is 0.544. The zero-order valence-electron chi connectivity index (χ0n) is 15.9. The number of hydrogen-bond acceptors (Lipinski definition) is 0. The van der Waals surface area contributed by atoms with Crippen LogP contribution in [0.1, 0.15) is 55.7 Å². The second kappa shape index (κ2) is 9.19. The fraction of sp³-hybridized carbons (Fsp3) is 0.417. The Balaban J connectivity index is 1.51. The summed E-state index contributed by atoms with van der Waals surface area (Å²) in [5.74, 6) is 1.45. The van der Waals surface area contributed by atoms with Crippen LogP contribution in [-0.4, -0.2) is 9.52 Å². The first-order chi connectivity index (χ1) is 12.3. The van der Waals surface area contributed by atoms with Gasteiger partial charge in [-0.1, -0.05) is 92.2 Å². The minimum Gasteiger partial charge on any atom is -0.0851 e. The maximum atomic E-state index is 2.52. The van der Waals surface area contributed by atoms with Crippen molar-refractivity contribution in [2.75, 3.05) is 0 Å². The van der Waals surface area contributed by atoms with Crippen LogP contribution in [-0.2, 0) is 12.8 Å². The van der Waals surface area contributed by atoms with E-state index in [2.05, 4.69) is 74.5 Å². The van der Waals surface area contributed by atoms with E-state index in [1.807, 2.05) is 0 Å². The maximum absolute atomic E-state index is 2.52. The van der Waals surface area contributed by atoms with Crippen molar-refractivity contribution >= 4 is 14.7 Å². The Morgan fingerprint density at radius 3 is 2.16 bits per heavy atom. The molecule has 0 aliphatic heterocycles. The molecule has 0 amide bonds. The lowest BCUT2D eigenvalue weighted by Crippen LogP contribution is -2.18. The predicted octanol–water partition coefficient (Wildman–Crippen LogP) is 5.16. The van der Waals surface area contributed by atoms with Crippen LogP contribution in [0.3, 0.4) is 0 Å². The predicted molar refractivity (Wildman–Crippen MR) is 114 cm³/mol. The highest BCUT2D eigenvalue weighted by Crippen LogP contribution is 2.32. The zero-order chi connectivity index (χ0) is 17.5. The summed E-state index contributed by atoms with van der Waals surface area (Å²) < 4.78 is 0. The molecule has 3 rings (SSSR count). The van der Waals surface area contributed by atoms with Gasteiger partial charge in [0.15, 0.2) is 0 Å². The molecule has 2 unspecified atom stereocenters. The molecule has 0 radical (unpaired) electrons. The zero-order valence-corrected chi connectivity index (χ0v) is 17.3. The lowest BCUT2D eigenvalue weighted by Gasteiger charge is -2.23. The van der Waals surface area contributed by atoms with Crippen LogP contribution in [0.2, 0.25) is 6.04 Å². The second-order valence-corrected chi connectivity index (χ2v) is 9.42.